The largest absolute Gasteiger partial charge is 0.369 e. The molecule has 0 amide bonds. The van der Waals surface area contributed by atoms with Crippen LogP contribution in [0.3, 0.4) is 0 Å². The second-order valence-electron chi connectivity index (χ2n) is 6.21. The SMILES string of the molecule is c1ccc(-c2cnc(CN3CCN(c4ccccc4)CC3)[nH]2)cc1. The number of imidazole rings is 1. The number of benzene rings is 2. The number of piperazine rings is 1. The summed E-state index contributed by atoms with van der Waals surface area (Å²) in [6.45, 7) is 5.15. The molecule has 1 aliphatic heterocycles. The number of rotatable bonds is 4. The van der Waals surface area contributed by atoms with Gasteiger partial charge in [0.15, 0.2) is 0 Å². The van der Waals surface area contributed by atoms with Gasteiger partial charge in [-0.3, -0.25) is 4.90 Å². The summed E-state index contributed by atoms with van der Waals surface area (Å²) >= 11 is 0. The zero-order chi connectivity index (χ0) is 16.2. The molecule has 4 nitrogen and oxygen atoms in total. The van der Waals surface area contributed by atoms with E-state index in [4.69, 9.17) is 0 Å². The fraction of sp³-hybridized carbons (Fsp3) is 0.250. The van der Waals surface area contributed by atoms with E-state index < -0.39 is 0 Å². The van der Waals surface area contributed by atoms with E-state index in [-0.39, 0.29) is 0 Å². The van der Waals surface area contributed by atoms with Crippen molar-refractivity contribution in [1.29, 1.82) is 0 Å². The van der Waals surface area contributed by atoms with Crippen LogP contribution in [0.4, 0.5) is 5.69 Å². The molecule has 1 fully saturated rings. The molecule has 1 saturated heterocycles. The summed E-state index contributed by atoms with van der Waals surface area (Å²) in [5, 5.41) is 0. The molecule has 2 aromatic carbocycles. The highest BCUT2D eigenvalue weighted by Gasteiger charge is 2.18. The summed E-state index contributed by atoms with van der Waals surface area (Å²) in [5.41, 5.74) is 3.60. The summed E-state index contributed by atoms with van der Waals surface area (Å²) in [4.78, 5) is 12.9. The van der Waals surface area contributed by atoms with Gasteiger partial charge in [-0.25, -0.2) is 4.98 Å². The van der Waals surface area contributed by atoms with Gasteiger partial charge < -0.3 is 9.88 Å². The van der Waals surface area contributed by atoms with Crippen molar-refractivity contribution in [1.82, 2.24) is 14.9 Å². The molecule has 3 aromatic rings. The van der Waals surface area contributed by atoms with Gasteiger partial charge >= 0.3 is 0 Å². The van der Waals surface area contributed by atoms with Crippen LogP contribution < -0.4 is 4.90 Å². The summed E-state index contributed by atoms with van der Waals surface area (Å²) in [7, 11) is 0. The molecule has 0 spiro atoms. The summed E-state index contributed by atoms with van der Waals surface area (Å²) in [6, 6.07) is 21.0. The number of aromatic nitrogens is 2. The highest BCUT2D eigenvalue weighted by molar-refractivity contribution is 5.58. The van der Waals surface area contributed by atoms with Crippen LogP contribution in [-0.4, -0.2) is 41.0 Å². The minimum Gasteiger partial charge on any atom is -0.369 e. The van der Waals surface area contributed by atoms with Crippen molar-refractivity contribution in [3.63, 3.8) is 0 Å². The molecule has 122 valence electrons. The first-order valence-corrected chi connectivity index (χ1v) is 8.50. The lowest BCUT2D eigenvalue weighted by Gasteiger charge is -2.35. The van der Waals surface area contributed by atoms with Gasteiger partial charge in [0, 0.05) is 31.9 Å². The lowest BCUT2D eigenvalue weighted by molar-refractivity contribution is 0.245. The third-order valence-electron chi connectivity index (χ3n) is 4.58. The van der Waals surface area contributed by atoms with Gasteiger partial charge in [0.25, 0.3) is 0 Å². The van der Waals surface area contributed by atoms with Crippen molar-refractivity contribution in [2.45, 2.75) is 6.54 Å². The van der Waals surface area contributed by atoms with Crippen LogP contribution in [0.15, 0.2) is 66.9 Å². The Morgan fingerprint density at radius 3 is 2.21 bits per heavy atom. The fourth-order valence-electron chi connectivity index (χ4n) is 3.22. The molecule has 24 heavy (non-hydrogen) atoms. The van der Waals surface area contributed by atoms with E-state index in [1.807, 2.05) is 12.3 Å². The van der Waals surface area contributed by atoms with Gasteiger partial charge in [-0.1, -0.05) is 48.5 Å². The maximum absolute atomic E-state index is 4.55. The average molecular weight is 318 g/mol. The zero-order valence-corrected chi connectivity index (χ0v) is 13.7. The van der Waals surface area contributed by atoms with Gasteiger partial charge in [-0.2, -0.15) is 0 Å². The van der Waals surface area contributed by atoms with Crippen LogP contribution in [0.25, 0.3) is 11.3 Å². The van der Waals surface area contributed by atoms with Crippen LogP contribution in [0, 0.1) is 0 Å². The van der Waals surface area contributed by atoms with E-state index in [9.17, 15) is 0 Å². The Balaban J connectivity index is 1.35. The zero-order valence-electron chi connectivity index (χ0n) is 13.7. The first kappa shape index (κ1) is 15.0. The van der Waals surface area contributed by atoms with E-state index in [1.54, 1.807) is 0 Å². The van der Waals surface area contributed by atoms with E-state index >= 15 is 0 Å². The number of anilines is 1. The second-order valence-corrected chi connectivity index (χ2v) is 6.21. The van der Waals surface area contributed by atoms with E-state index in [0.717, 1.165) is 44.2 Å². The summed E-state index contributed by atoms with van der Waals surface area (Å²) in [6.07, 6.45) is 1.94. The third-order valence-corrected chi connectivity index (χ3v) is 4.58. The number of hydrogen-bond acceptors (Lipinski definition) is 3. The number of nitrogens with one attached hydrogen (secondary N) is 1. The first-order valence-electron chi connectivity index (χ1n) is 8.50. The maximum atomic E-state index is 4.55. The molecule has 0 radical (unpaired) electrons. The molecular formula is C20H22N4. The quantitative estimate of drug-likeness (QED) is 0.801. The predicted molar refractivity (Wildman–Crippen MR) is 98.0 cm³/mol. The predicted octanol–water partition coefficient (Wildman–Crippen LogP) is 3.40. The van der Waals surface area contributed by atoms with Crippen LogP contribution in [0.5, 0.6) is 0 Å². The Labute approximate surface area is 142 Å². The first-order chi connectivity index (χ1) is 11.9. The molecule has 0 saturated carbocycles. The van der Waals surface area contributed by atoms with Crippen molar-refractivity contribution in [3.8, 4) is 11.3 Å². The van der Waals surface area contributed by atoms with Crippen LogP contribution in [0.2, 0.25) is 0 Å². The van der Waals surface area contributed by atoms with Crippen molar-refractivity contribution < 1.29 is 0 Å². The molecule has 2 heterocycles. The molecule has 0 aliphatic carbocycles. The second kappa shape index (κ2) is 6.89. The standard InChI is InChI=1S/C20H22N4/c1-3-7-17(8-4-1)19-15-21-20(22-19)16-23-11-13-24(14-12-23)18-9-5-2-6-10-18/h1-10,15H,11-14,16H2,(H,21,22). The fourth-order valence-corrected chi connectivity index (χ4v) is 3.22. The van der Waals surface area contributed by atoms with Crippen molar-refractivity contribution in [2.75, 3.05) is 31.1 Å². The average Bonchev–Trinajstić information content (AvgIpc) is 3.12. The molecule has 0 bridgehead atoms. The Morgan fingerprint density at radius 2 is 1.50 bits per heavy atom. The summed E-state index contributed by atoms with van der Waals surface area (Å²) in [5.74, 6) is 1.04. The van der Waals surface area contributed by atoms with Crippen molar-refractivity contribution in [2.24, 2.45) is 0 Å². The normalized spacial score (nSPS) is 15.6. The molecule has 1 aliphatic rings. The molecule has 0 unspecified atom stereocenters. The minimum absolute atomic E-state index is 0.884. The molecule has 1 N–H and O–H groups in total. The molecule has 4 rings (SSSR count). The Kier molecular flexibility index (Phi) is 4.30. The topological polar surface area (TPSA) is 35.2 Å². The van der Waals surface area contributed by atoms with Crippen LogP contribution in [0.1, 0.15) is 5.82 Å². The van der Waals surface area contributed by atoms with E-state index in [1.165, 1.54) is 11.3 Å². The monoisotopic (exact) mass is 318 g/mol. The number of aromatic amines is 1. The maximum Gasteiger partial charge on any atom is 0.120 e. The van der Waals surface area contributed by atoms with Crippen molar-refractivity contribution in [3.05, 3.63) is 72.7 Å². The number of H-pyrrole nitrogens is 1. The lowest BCUT2D eigenvalue weighted by Crippen LogP contribution is -2.46. The lowest BCUT2D eigenvalue weighted by atomic mass is 10.2. The van der Waals surface area contributed by atoms with Crippen LogP contribution in [-0.2, 0) is 6.54 Å². The number of nitrogens with zero attached hydrogens (tertiary/aromatic N) is 3. The minimum atomic E-state index is 0.884. The molecule has 1 aromatic heterocycles. The Hall–Kier alpha value is -2.59. The van der Waals surface area contributed by atoms with Gasteiger partial charge in [0.05, 0.1) is 18.4 Å². The Bertz CT molecular complexity index is 759. The number of para-hydroxylation sites is 1. The molecule has 4 heteroatoms. The van der Waals surface area contributed by atoms with Gasteiger partial charge in [0.2, 0.25) is 0 Å². The van der Waals surface area contributed by atoms with E-state index in [2.05, 4.69) is 74.4 Å². The van der Waals surface area contributed by atoms with Gasteiger partial charge in [-0.15, -0.1) is 0 Å². The smallest absolute Gasteiger partial charge is 0.120 e. The highest BCUT2D eigenvalue weighted by atomic mass is 15.3. The van der Waals surface area contributed by atoms with E-state index in [0.29, 0.717) is 0 Å². The van der Waals surface area contributed by atoms with Gasteiger partial charge in [-0.05, 0) is 17.7 Å². The molecule has 0 atom stereocenters. The number of hydrogen-bond donors (Lipinski definition) is 1. The van der Waals surface area contributed by atoms with Crippen molar-refractivity contribution >= 4 is 5.69 Å². The summed E-state index contributed by atoms with van der Waals surface area (Å²) < 4.78 is 0. The molecular weight excluding hydrogens is 296 g/mol. The van der Waals surface area contributed by atoms with Crippen LogP contribution >= 0.6 is 0 Å². The van der Waals surface area contributed by atoms with Gasteiger partial charge in [0.1, 0.15) is 5.82 Å². The third kappa shape index (κ3) is 3.34. The Morgan fingerprint density at radius 1 is 0.833 bits per heavy atom. The highest BCUT2D eigenvalue weighted by Crippen LogP contribution is 2.18.